The number of amides is 1. The Kier molecular flexibility index (Phi) is 3.94. The van der Waals surface area contributed by atoms with Gasteiger partial charge in [-0.1, -0.05) is 0 Å². The Hall–Kier alpha value is -2.49. The Morgan fingerprint density at radius 1 is 1.10 bits per heavy atom. The van der Waals surface area contributed by atoms with Crippen molar-refractivity contribution in [2.24, 2.45) is 0 Å². The summed E-state index contributed by atoms with van der Waals surface area (Å²) < 4.78 is 5.13. The van der Waals surface area contributed by atoms with E-state index in [0.29, 0.717) is 11.1 Å². The van der Waals surface area contributed by atoms with E-state index in [0.717, 1.165) is 17.0 Å². The first-order valence-electron chi connectivity index (χ1n) is 6.27. The van der Waals surface area contributed by atoms with Crippen molar-refractivity contribution in [3.05, 3.63) is 53.1 Å². The van der Waals surface area contributed by atoms with Crippen LogP contribution in [0.3, 0.4) is 0 Å². The molecule has 0 fully saturated rings. The van der Waals surface area contributed by atoms with Crippen LogP contribution in [-0.4, -0.2) is 18.1 Å². The standard InChI is InChI=1S/C16H17NO3/c1-10-9-13(20-3)5-6-14(10)17-16(19)12-4-7-15(18)11(2)8-12/h4-9,18H,1-3H3,(H,17,19). The zero-order chi connectivity index (χ0) is 14.7. The first-order valence-corrected chi connectivity index (χ1v) is 6.27. The molecule has 1 amide bonds. The molecule has 104 valence electrons. The minimum Gasteiger partial charge on any atom is -0.508 e. The topological polar surface area (TPSA) is 58.6 Å². The van der Waals surface area contributed by atoms with Gasteiger partial charge in [0.1, 0.15) is 11.5 Å². The molecule has 0 aliphatic heterocycles. The fourth-order valence-electron chi connectivity index (χ4n) is 1.89. The summed E-state index contributed by atoms with van der Waals surface area (Å²) in [7, 11) is 1.60. The van der Waals surface area contributed by atoms with Crippen LogP contribution >= 0.6 is 0 Å². The van der Waals surface area contributed by atoms with E-state index in [9.17, 15) is 9.90 Å². The van der Waals surface area contributed by atoms with Crippen LogP contribution in [0.2, 0.25) is 0 Å². The fraction of sp³-hybridized carbons (Fsp3) is 0.188. The van der Waals surface area contributed by atoms with Gasteiger partial charge in [-0.3, -0.25) is 4.79 Å². The normalized spacial score (nSPS) is 10.2. The van der Waals surface area contributed by atoms with Gasteiger partial charge in [-0.15, -0.1) is 0 Å². The molecule has 0 heterocycles. The van der Waals surface area contributed by atoms with Crippen molar-refractivity contribution < 1.29 is 14.6 Å². The Morgan fingerprint density at radius 3 is 2.45 bits per heavy atom. The predicted molar refractivity (Wildman–Crippen MR) is 78.5 cm³/mol. The molecule has 0 aromatic heterocycles. The van der Waals surface area contributed by atoms with Gasteiger partial charge < -0.3 is 15.2 Å². The highest BCUT2D eigenvalue weighted by atomic mass is 16.5. The molecule has 4 heteroatoms. The number of methoxy groups -OCH3 is 1. The molecule has 0 spiro atoms. The van der Waals surface area contributed by atoms with Gasteiger partial charge in [0.15, 0.2) is 0 Å². The first kappa shape index (κ1) is 13.9. The van der Waals surface area contributed by atoms with E-state index < -0.39 is 0 Å². The van der Waals surface area contributed by atoms with Gasteiger partial charge >= 0.3 is 0 Å². The van der Waals surface area contributed by atoms with Crippen LogP contribution in [0.25, 0.3) is 0 Å². The number of anilines is 1. The second kappa shape index (κ2) is 5.65. The zero-order valence-corrected chi connectivity index (χ0v) is 11.7. The Morgan fingerprint density at radius 2 is 1.85 bits per heavy atom. The molecule has 0 saturated carbocycles. The molecule has 2 N–H and O–H groups in total. The second-order valence-electron chi connectivity index (χ2n) is 4.64. The number of ether oxygens (including phenoxy) is 1. The molecule has 0 bridgehead atoms. The van der Waals surface area contributed by atoms with Gasteiger partial charge in [-0.25, -0.2) is 0 Å². The molecular weight excluding hydrogens is 254 g/mol. The zero-order valence-electron chi connectivity index (χ0n) is 11.7. The van der Waals surface area contributed by atoms with Crippen molar-refractivity contribution in [2.75, 3.05) is 12.4 Å². The largest absolute Gasteiger partial charge is 0.508 e. The van der Waals surface area contributed by atoms with Gasteiger partial charge in [0.05, 0.1) is 7.11 Å². The molecule has 0 atom stereocenters. The maximum absolute atomic E-state index is 12.2. The summed E-state index contributed by atoms with van der Waals surface area (Å²) >= 11 is 0. The number of benzene rings is 2. The SMILES string of the molecule is COc1ccc(NC(=O)c2ccc(O)c(C)c2)c(C)c1. The lowest BCUT2D eigenvalue weighted by Gasteiger charge is -2.10. The molecule has 0 saturated heterocycles. The molecule has 0 aliphatic rings. The predicted octanol–water partition coefficient (Wildman–Crippen LogP) is 3.27. The smallest absolute Gasteiger partial charge is 0.255 e. The van der Waals surface area contributed by atoms with E-state index in [-0.39, 0.29) is 11.7 Å². The summed E-state index contributed by atoms with van der Waals surface area (Å²) in [5.74, 6) is 0.726. The molecule has 0 radical (unpaired) electrons. The number of carbonyl (C=O) groups is 1. The molecule has 2 rings (SSSR count). The second-order valence-corrected chi connectivity index (χ2v) is 4.64. The van der Waals surface area contributed by atoms with Crippen molar-refractivity contribution in [2.45, 2.75) is 13.8 Å². The molecule has 2 aromatic rings. The third-order valence-corrected chi connectivity index (χ3v) is 3.14. The lowest BCUT2D eigenvalue weighted by atomic mass is 10.1. The van der Waals surface area contributed by atoms with E-state index in [1.807, 2.05) is 13.0 Å². The van der Waals surface area contributed by atoms with Crippen molar-refractivity contribution >= 4 is 11.6 Å². The van der Waals surface area contributed by atoms with Crippen LogP contribution in [-0.2, 0) is 0 Å². The lowest BCUT2D eigenvalue weighted by Crippen LogP contribution is -2.12. The van der Waals surface area contributed by atoms with E-state index in [1.54, 1.807) is 38.3 Å². The fourth-order valence-corrected chi connectivity index (χ4v) is 1.89. The Labute approximate surface area is 118 Å². The number of phenolic OH excluding ortho intramolecular Hbond substituents is 1. The van der Waals surface area contributed by atoms with Gasteiger partial charge in [-0.2, -0.15) is 0 Å². The first-order chi connectivity index (χ1) is 9.51. The van der Waals surface area contributed by atoms with Crippen LogP contribution in [0.1, 0.15) is 21.5 Å². The molecular formula is C16H17NO3. The molecule has 2 aromatic carbocycles. The van der Waals surface area contributed by atoms with Crippen molar-refractivity contribution in [1.29, 1.82) is 0 Å². The minimum absolute atomic E-state index is 0.183. The minimum atomic E-state index is -0.207. The number of hydrogen-bond donors (Lipinski definition) is 2. The third kappa shape index (κ3) is 2.91. The summed E-state index contributed by atoms with van der Waals surface area (Å²) in [5.41, 5.74) is 2.84. The van der Waals surface area contributed by atoms with Crippen molar-refractivity contribution in [1.82, 2.24) is 0 Å². The number of carbonyl (C=O) groups excluding carboxylic acids is 1. The lowest BCUT2D eigenvalue weighted by molar-refractivity contribution is 0.102. The van der Waals surface area contributed by atoms with E-state index in [1.165, 1.54) is 6.07 Å². The van der Waals surface area contributed by atoms with Gasteiger partial charge in [-0.05, 0) is 61.4 Å². The van der Waals surface area contributed by atoms with E-state index in [4.69, 9.17) is 4.74 Å². The summed E-state index contributed by atoms with van der Waals surface area (Å²) in [6, 6.07) is 10.2. The van der Waals surface area contributed by atoms with Crippen LogP contribution < -0.4 is 10.1 Å². The van der Waals surface area contributed by atoms with Gasteiger partial charge in [0, 0.05) is 11.3 Å². The van der Waals surface area contributed by atoms with Crippen molar-refractivity contribution in [3.63, 3.8) is 0 Å². The van der Waals surface area contributed by atoms with E-state index >= 15 is 0 Å². The summed E-state index contributed by atoms with van der Waals surface area (Å²) in [6.45, 7) is 3.66. The highest BCUT2D eigenvalue weighted by Gasteiger charge is 2.09. The maximum Gasteiger partial charge on any atom is 0.255 e. The number of aryl methyl sites for hydroxylation is 2. The van der Waals surface area contributed by atoms with Crippen molar-refractivity contribution in [3.8, 4) is 11.5 Å². The molecule has 20 heavy (non-hydrogen) atoms. The number of nitrogens with one attached hydrogen (secondary N) is 1. The number of aromatic hydroxyl groups is 1. The number of phenols is 1. The van der Waals surface area contributed by atoms with Crippen LogP contribution in [0.4, 0.5) is 5.69 Å². The number of hydrogen-bond acceptors (Lipinski definition) is 3. The highest BCUT2D eigenvalue weighted by Crippen LogP contribution is 2.22. The van der Waals surface area contributed by atoms with Crippen LogP contribution in [0.15, 0.2) is 36.4 Å². The number of rotatable bonds is 3. The third-order valence-electron chi connectivity index (χ3n) is 3.14. The average Bonchev–Trinajstić information content (AvgIpc) is 2.43. The summed E-state index contributed by atoms with van der Waals surface area (Å²) in [6.07, 6.45) is 0. The maximum atomic E-state index is 12.2. The van der Waals surface area contributed by atoms with Gasteiger partial charge in [0.25, 0.3) is 5.91 Å². The highest BCUT2D eigenvalue weighted by molar-refractivity contribution is 6.04. The van der Waals surface area contributed by atoms with Crippen LogP contribution in [0.5, 0.6) is 11.5 Å². The average molecular weight is 271 g/mol. The van der Waals surface area contributed by atoms with E-state index in [2.05, 4.69) is 5.32 Å². The molecule has 0 aliphatic carbocycles. The Balaban J connectivity index is 2.21. The molecule has 4 nitrogen and oxygen atoms in total. The summed E-state index contributed by atoms with van der Waals surface area (Å²) in [4.78, 5) is 12.2. The summed E-state index contributed by atoms with van der Waals surface area (Å²) in [5, 5.41) is 12.3. The van der Waals surface area contributed by atoms with Crippen LogP contribution in [0, 0.1) is 13.8 Å². The quantitative estimate of drug-likeness (QED) is 0.900. The van der Waals surface area contributed by atoms with Gasteiger partial charge in [0.2, 0.25) is 0 Å². The monoisotopic (exact) mass is 271 g/mol. The Bertz CT molecular complexity index is 650. The molecule has 0 unspecified atom stereocenters.